The Morgan fingerprint density at radius 3 is 2.13 bits per heavy atom. The fourth-order valence-corrected chi connectivity index (χ4v) is 3.90. The number of aliphatic hydroxyl groups is 1. The fourth-order valence-electron chi connectivity index (χ4n) is 3.90. The number of carbonyl (C=O) groups excluding carboxylic acids is 1. The van der Waals surface area contributed by atoms with Crippen LogP contribution in [0.4, 0.5) is 36.4 Å². The van der Waals surface area contributed by atoms with E-state index in [1.165, 1.54) is 33.2 Å². The van der Waals surface area contributed by atoms with Gasteiger partial charge in [-0.2, -0.15) is 26.3 Å². The van der Waals surface area contributed by atoms with Crippen LogP contribution in [0.25, 0.3) is 11.6 Å². The van der Waals surface area contributed by atoms with Crippen molar-refractivity contribution in [1.29, 1.82) is 0 Å². The molecule has 0 radical (unpaired) electrons. The highest BCUT2D eigenvalue weighted by Crippen LogP contribution is 2.46. The smallest absolute Gasteiger partial charge is 0.430 e. The lowest BCUT2D eigenvalue weighted by atomic mass is 9.91. The van der Waals surface area contributed by atoms with Crippen molar-refractivity contribution in [2.75, 3.05) is 19.5 Å². The zero-order valence-corrected chi connectivity index (χ0v) is 27.2. The van der Waals surface area contributed by atoms with Crippen LogP contribution in [0.3, 0.4) is 0 Å². The molecule has 0 aliphatic heterocycles. The lowest BCUT2D eigenvalue weighted by Gasteiger charge is -2.28. The van der Waals surface area contributed by atoms with Gasteiger partial charge in [-0.15, -0.1) is 16.8 Å². The van der Waals surface area contributed by atoms with E-state index in [4.69, 9.17) is 9.15 Å². The highest BCUT2D eigenvalue weighted by molar-refractivity contribution is 5.70. The summed E-state index contributed by atoms with van der Waals surface area (Å²) in [6.07, 6.45) is -9.77. The molecular weight excluding hydrogens is 641 g/mol. The minimum absolute atomic E-state index is 0.0595. The number of nitrogens with zero attached hydrogens (tertiary/aromatic N) is 3. The van der Waals surface area contributed by atoms with Crippen LogP contribution in [-0.4, -0.2) is 52.7 Å². The van der Waals surface area contributed by atoms with Crippen molar-refractivity contribution in [1.82, 2.24) is 15.2 Å². The number of nitrogens with one attached hydrogen (secondary N) is 1. The number of hydrogen-bond donors (Lipinski definition) is 2. The number of ether oxygens (including phenoxy) is 2. The van der Waals surface area contributed by atoms with Gasteiger partial charge in [0.1, 0.15) is 11.4 Å². The normalized spacial score (nSPS) is 13.6. The topological polar surface area (TPSA) is 120 Å². The molecule has 1 aromatic carbocycles. The summed E-state index contributed by atoms with van der Waals surface area (Å²) in [6.45, 7) is 14.8. The Hall–Kier alpha value is -4.05. The summed E-state index contributed by atoms with van der Waals surface area (Å²) in [6, 6.07) is 3.37. The van der Waals surface area contributed by atoms with E-state index in [-0.39, 0.29) is 29.7 Å². The van der Waals surface area contributed by atoms with Gasteiger partial charge in [-0.3, -0.25) is 4.79 Å². The summed E-state index contributed by atoms with van der Waals surface area (Å²) in [5.41, 5.74) is -7.87. The maximum Gasteiger partial charge on any atom is 0.430 e. The maximum atomic E-state index is 14.5. The molecule has 2 aromatic heterocycles. The number of halogens is 7. The minimum atomic E-state index is -5.53. The predicted octanol–water partition coefficient (Wildman–Crippen LogP) is 8.08. The molecule has 0 amide bonds. The van der Waals surface area contributed by atoms with Crippen molar-refractivity contribution < 1.29 is 54.5 Å². The highest BCUT2D eigenvalue weighted by atomic mass is 19.4. The Morgan fingerprint density at radius 2 is 1.68 bits per heavy atom. The third-order valence-corrected chi connectivity index (χ3v) is 6.11. The molecule has 0 fully saturated rings. The van der Waals surface area contributed by atoms with E-state index in [9.17, 15) is 40.6 Å². The van der Waals surface area contributed by atoms with E-state index >= 15 is 0 Å². The molecule has 2 unspecified atom stereocenters. The van der Waals surface area contributed by atoms with Crippen LogP contribution >= 0.6 is 0 Å². The number of alkyl halides is 6. The highest BCUT2D eigenvalue weighted by Gasteiger charge is 2.61. The van der Waals surface area contributed by atoms with Gasteiger partial charge >= 0.3 is 12.4 Å². The van der Waals surface area contributed by atoms with Gasteiger partial charge in [0.25, 0.3) is 23.9 Å². The zero-order chi connectivity index (χ0) is 36.4. The van der Waals surface area contributed by atoms with Gasteiger partial charge in [-0.25, -0.2) is 9.37 Å². The Balaban J connectivity index is 0.00000108. The monoisotopic (exact) mass is 680 g/mol. The largest absolute Gasteiger partial charge is 0.462 e. The van der Waals surface area contributed by atoms with E-state index in [0.717, 1.165) is 12.1 Å². The summed E-state index contributed by atoms with van der Waals surface area (Å²) in [5, 5.41) is 20.0. The molecular formula is C31H39F7N4O5. The van der Waals surface area contributed by atoms with Crippen LogP contribution in [0, 0.1) is 12.7 Å². The second kappa shape index (κ2) is 16.7. The van der Waals surface area contributed by atoms with Gasteiger partial charge in [0.2, 0.25) is 0 Å². The number of hydrogen-bond acceptors (Lipinski definition) is 9. The first kappa shape index (κ1) is 41.0. The third kappa shape index (κ3) is 10.2. The van der Waals surface area contributed by atoms with Crippen molar-refractivity contribution in [2.45, 2.75) is 84.0 Å². The van der Waals surface area contributed by atoms with Crippen molar-refractivity contribution in [3.8, 4) is 11.6 Å². The molecule has 9 nitrogen and oxygen atoms in total. The second-order valence-electron chi connectivity index (χ2n) is 10.6. The molecule has 2 N–H and O–H groups in total. The SMILES string of the molecule is C=CCCC(OC)c1nc(-c2nnc(C(O)(c3cc(C)ccc3F)C(F)(F)F)o2)c(NC)cc1C(F)(F)F.CC.CC(C)(C)OC=O. The summed E-state index contributed by atoms with van der Waals surface area (Å²) < 4.78 is 113. The molecule has 47 heavy (non-hydrogen) atoms. The van der Waals surface area contributed by atoms with Crippen LogP contribution in [-0.2, 0) is 26.0 Å². The molecule has 2 heterocycles. The Bertz CT molecular complexity index is 1470. The van der Waals surface area contributed by atoms with Gasteiger partial charge in [0.15, 0.2) is 5.69 Å². The fraction of sp³-hybridized carbons (Fsp3) is 0.484. The number of rotatable bonds is 10. The number of carbonyl (C=O) groups is 1. The first-order valence-corrected chi connectivity index (χ1v) is 14.2. The lowest BCUT2D eigenvalue weighted by molar-refractivity contribution is -0.256. The van der Waals surface area contributed by atoms with Gasteiger partial charge in [0, 0.05) is 19.7 Å². The predicted molar refractivity (Wildman–Crippen MR) is 160 cm³/mol. The van der Waals surface area contributed by atoms with Crippen molar-refractivity contribution in [3.63, 3.8) is 0 Å². The van der Waals surface area contributed by atoms with Crippen molar-refractivity contribution in [2.24, 2.45) is 0 Å². The minimum Gasteiger partial charge on any atom is -0.462 e. The average molecular weight is 681 g/mol. The lowest BCUT2D eigenvalue weighted by Crippen LogP contribution is -2.44. The van der Waals surface area contributed by atoms with E-state index < -0.39 is 64.2 Å². The van der Waals surface area contributed by atoms with Gasteiger partial charge < -0.3 is 24.3 Å². The third-order valence-electron chi connectivity index (χ3n) is 6.11. The molecule has 0 saturated heterocycles. The first-order valence-electron chi connectivity index (χ1n) is 14.2. The molecule has 0 aliphatic rings. The number of anilines is 1. The summed E-state index contributed by atoms with van der Waals surface area (Å²) in [7, 11) is 2.42. The van der Waals surface area contributed by atoms with E-state index in [2.05, 4.69) is 31.8 Å². The molecule has 2 atom stereocenters. The number of pyridine rings is 1. The molecule has 0 saturated carbocycles. The molecule has 0 spiro atoms. The van der Waals surface area contributed by atoms with E-state index in [0.29, 0.717) is 12.5 Å². The summed E-state index contributed by atoms with van der Waals surface area (Å²) >= 11 is 0. The van der Waals surface area contributed by atoms with Crippen molar-refractivity contribution in [3.05, 3.63) is 71.0 Å². The number of methoxy groups -OCH3 is 1. The quantitative estimate of drug-likeness (QED) is 0.124. The van der Waals surface area contributed by atoms with Crippen LogP contribution in [0.1, 0.15) is 81.8 Å². The number of allylic oxidation sites excluding steroid dienone is 1. The van der Waals surface area contributed by atoms with Gasteiger partial charge in [-0.05, 0) is 58.7 Å². The molecule has 0 bridgehead atoms. The second-order valence-corrected chi connectivity index (χ2v) is 10.6. The number of aromatic nitrogens is 3. The summed E-state index contributed by atoms with van der Waals surface area (Å²) in [4.78, 5) is 13.6. The Labute approximate surface area is 268 Å². The van der Waals surface area contributed by atoms with Crippen LogP contribution in [0.5, 0.6) is 0 Å². The summed E-state index contributed by atoms with van der Waals surface area (Å²) in [5.74, 6) is -3.61. The van der Waals surface area contributed by atoms with Gasteiger partial charge in [-0.1, -0.05) is 31.6 Å². The number of aryl methyl sites for hydroxylation is 1. The molecule has 262 valence electrons. The van der Waals surface area contributed by atoms with Gasteiger partial charge in [0.05, 0.1) is 23.0 Å². The van der Waals surface area contributed by atoms with E-state index in [1.54, 1.807) is 0 Å². The standard InChI is InChI=1S/C24H23F7N4O3.C5H10O2.C2H6/c1-5-6-7-17(37-4)18-14(23(26,27)28)11-16(32-3)19(33-18)20-34-35-21(38-20)22(36,24(29,30)31)13-10-12(2)8-9-15(13)25;1-5(2,3)7-4-6;1-2/h5,8-11,17,32,36H,1,6-7H2,2-4H3;4H,1-3H3;1-2H3. The van der Waals surface area contributed by atoms with Crippen LogP contribution in [0.2, 0.25) is 0 Å². The maximum absolute atomic E-state index is 14.5. The van der Waals surface area contributed by atoms with Crippen molar-refractivity contribution >= 4 is 12.2 Å². The van der Waals surface area contributed by atoms with Crippen LogP contribution in [0.15, 0.2) is 41.3 Å². The first-order chi connectivity index (χ1) is 21.7. The van der Waals surface area contributed by atoms with E-state index in [1.807, 2.05) is 34.6 Å². The average Bonchev–Trinajstić information content (AvgIpc) is 3.48. The number of benzene rings is 1. The molecule has 3 aromatic rings. The Kier molecular flexibility index (Phi) is 14.5. The Morgan fingerprint density at radius 1 is 1.06 bits per heavy atom. The molecule has 3 rings (SSSR count). The molecule has 0 aliphatic carbocycles. The van der Waals surface area contributed by atoms with Crippen LogP contribution < -0.4 is 5.32 Å². The molecule has 16 heteroatoms. The zero-order valence-electron chi connectivity index (χ0n) is 27.2.